The second-order valence-corrected chi connectivity index (χ2v) is 3.40. The lowest BCUT2D eigenvalue weighted by Gasteiger charge is -2.06. The number of nitrogens with two attached hydrogens (primary N) is 1. The molecule has 0 bridgehead atoms. The zero-order chi connectivity index (χ0) is 13.0. The highest BCUT2D eigenvalue weighted by Crippen LogP contribution is 2.11. The van der Waals surface area contributed by atoms with Crippen molar-refractivity contribution in [3.63, 3.8) is 0 Å². The molecular weight excluding hydrogens is 238 g/mol. The van der Waals surface area contributed by atoms with Crippen molar-refractivity contribution < 1.29 is 9.26 Å². The van der Waals surface area contributed by atoms with Gasteiger partial charge in [-0.2, -0.15) is 15.0 Å². The molecule has 0 aromatic carbocycles. The second kappa shape index (κ2) is 5.27. The van der Waals surface area contributed by atoms with Crippen molar-refractivity contribution in [3.05, 3.63) is 17.5 Å². The van der Waals surface area contributed by atoms with Crippen molar-refractivity contribution in [3.8, 4) is 6.01 Å². The lowest BCUT2D eigenvalue weighted by Crippen LogP contribution is -2.14. The maximum absolute atomic E-state index is 5.24. The summed E-state index contributed by atoms with van der Waals surface area (Å²) in [5, 5.41) is 6.80. The predicted molar refractivity (Wildman–Crippen MR) is 62.8 cm³/mol. The first kappa shape index (κ1) is 12.0. The van der Waals surface area contributed by atoms with Crippen LogP contribution in [0.5, 0.6) is 6.01 Å². The second-order valence-electron chi connectivity index (χ2n) is 3.40. The van der Waals surface area contributed by atoms with E-state index in [9.17, 15) is 0 Å². The first-order valence-corrected chi connectivity index (χ1v) is 5.14. The predicted octanol–water partition coefficient (Wildman–Crippen LogP) is 0.0743. The molecular formula is C9H13N7O2. The molecule has 9 nitrogen and oxygen atoms in total. The van der Waals surface area contributed by atoms with Crippen LogP contribution in [0.25, 0.3) is 0 Å². The molecule has 2 aromatic rings. The molecule has 0 saturated carbocycles. The minimum atomic E-state index is 0.164. The van der Waals surface area contributed by atoms with E-state index in [1.54, 1.807) is 0 Å². The number of hydrazine groups is 1. The van der Waals surface area contributed by atoms with Gasteiger partial charge in [0, 0.05) is 6.07 Å². The normalized spacial score (nSPS) is 10.2. The molecule has 9 heteroatoms. The van der Waals surface area contributed by atoms with Crippen LogP contribution in [0.2, 0.25) is 0 Å². The highest BCUT2D eigenvalue weighted by atomic mass is 16.5. The standard InChI is InChI=1S/C9H13N7O2/c1-5-3-6(16-18-5)4-11-7-12-8(15-10)14-9(13-7)17-2/h3H,4,10H2,1-2H3,(H2,11,12,13,14,15). The van der Waals surface area contributed by atoms with Gasteiger partial charge in [0.2, 0.25) is 11.9 Å². The maximum atomic E-state index is 5.24. The van der Waals surface area contributed by atoms with Gasteiger partial charge in [-0.3, -0.25) is 5.43 Å². The van der Waals surface area contributed by atoms with E-state index in [0.717, 1.165) is 11.5 Å². The Labute approximate surface area is 103 Å². The molecule has 0 amide bonds. The van der Waals surface area contributed by atoms with Crippen molar-refractivity contribution in [1.82, 2.24) is 20.1 Å². The van der Waals surface area contributed by atoms with Gasteiger partial charge in [0.05, 0.1) is 13.7 Å². The Morgan fingerprint density at radius 1 is 1.33 bits per heavy atom. The minimum absolute atomic E-state index is 0.164. The average molecular weight is 251 g/mol. The monoisotopic (exact) mass is 251 g/mol. The number of hydrogen-bond acceptors (Lipinski definition) is 9. The average Bonchev–Trinajstić information content (AvgIpc) is 2.81. The lowest BCUT2D eigenvalue weighted by molar-refractivity contribution is 0.379. The molecule has 18 heavy (non-hydrogen) atoms. The first-order chi connectivity index (χ1) is 8.71. The van der Waals surface area contributed by atoms with Crippen molar-refractivity contribution in [2.24, 2.45) is 5.84 Å². The molecule has 0 radical (unpaired) electrons. The molecule has 2 aromatic heterocycles. The summed E-state index contributed by atoms with van der Waals surface area (Å²) < 4.78 is 9.86. The zero-order valence-electron chi connectivity index (χ0n) is 9.97. The Bertz CT molecular complexity index is 505. The molecule has 0 atom stereocenters. The fraction of sp³-hybridized carbons (Fsp3) is 0.333. The summed E-state index contributed by atoms with van der Waals surface area (Å²) in [7, 11) is 1.46. The number of methoxy groups -OCH3 is 1. The molecule has 0 aliphatic carbocycles. The third-order valence-corrected chi connectivity index (χ3v) is 2.03. The van der Waals surface area contributed by atoms with Gasteiger partial charge in [0.25, 0.3) is 0 Å². The number of ether oxygens (including phenoxy) is 1. The summed E-state index contributed by atoms with van der Waals surface area (Å²) in [6, 6.07) is 1.98. The van der Waals surface area contributed by atoms with Crippen LogP contribution in [0.1, 0.15) is 11.5 Å². The van der Waals surface area contributed by atoms with Crippen LogP contribution in [-0.2, 0) is 6.54 Å². The van der Waals surface area contributed by atoms with Crippen LogP contribution < -0.4 is 21.3 Å². The van der Waals surface area contributed by atoms with Crippen molar-refractivity contribution >= 4 is 11.9 Å². The van der Waals surface area contributed by atoms with Crippen LogP contribution in [0.15, 0.2) is 10.6 Å². The number of nitrogens with zero attached hydrogens (tertiary/aromatic N) is 4. The summed E-state index contributed by atoms with van der Waals surface area (Å²) in [6.07, 6.45) is 0. The van der Waals surface area contributed by atoms with Gasteiger partial charge in [-0.25, -0.2) is 5.84 Å². The number of aromatic nitrogens is 4. The summed E-state index contributed by atoms with van der Waals surface area (Å²) in [5.41, 5.74) is 3.07. The number of nitrogens with one attached hydrogen (secondary N) is 2. The minimum Gasteiger partial charge on any atom is -0.467 e. The number of aryl methyl sites for hydroxylation is 1. The van der Waals surface area contributed by atoms with E-state index in [4.69, 9.17) is 15.1 Å². The molecule has 4 N–H and O–H groups in total. The van der Waals surface area contributed by atoms with E-state index in [1.807, 2.05) is 13.0 Å². The van der Waals surface area contributed by atoms with E-state index < -0.39 is 0 Å². The molecule has 0 fully saturated rings. The Morgan fingerprint density at radius 3 is 2.72 bits per heavy atom. The molecule has 2 heterocycles. The summed E-state index contributed by atoms with van der Waals surface area (Å²) in [5.74, 6) is 6.52. The maximum Gasteiger partial charge on any atom is 0.322 e. The summed E-state index contributed by atoms with van der Waals surface area (Å²) >= 11 is 0. The van der Waals surface area contributed by atoms with E-state index in [-0.39, 0.29) is 12.0 Å². The van der Waals surface area contributed by atoms with Crippen LogP contribution >= 0.6 is 0 Å². The van der Waals surface area contributed by atoms with Crippen molar-refractivity contribution in [2.45, 2.75) is 13.5 Å². The van der Waals surface area contributed by atoms with Gasteiger partial charge in [-0.05, 0) is 6.92 Å². The van der Waals surface area contributed by atoms with Crippen molar-refractivity contribution in [2.75, 3.05) is 17.9 Å². The van der Waals surface area contributed by atoms with Gasteiger partial charge >= 0.3 is 6.01 Å². The van der Waals surface area contributed by atoms with Crippen molar-refractivity contribution in [1.29, 1.82) is 0 Å². The van der Waals surface area contributed by atoms with Gasteiger partial charge in [-0.1, -0.05) is 5.16 Å². The highest BCUT2D eigenvalue weighted by Gasteiger charge is 2.06. The first-order valence-electron chi connectivity index (χ1n) is 5.14. The van der Waals surface area contributed by atoms with Gasteiger partial charge in [-0.15, -0.1) is 0 Å². The highest BCUT2D eigenvalue weighted by molar-refractivity contribution is 5.35. The van der Waals surface area contributed by atoms with Gasteiger partial charge in [0.15, 0.2) is 0 Å². The quantitative estimate of drug-likeness (QED) is 0.500. The molecule has 0 aliphatic rings. The fourth-order valence-corrected chi connectivity index (χ4v) is 1.26. The van der Waals surface area contributed by atoms with E-state index in [2.05, 4.69) is 30.9 Å². The Kier molecular flexibility index (Phi) is 3.53. The number of hydrogen-bond donors (Lipinski definition) is 3. The molecule has 0 unspecified atom stereocenters. The Balaban J connectivity index is 2.08. The lowest BCUT2D eigenvalue weighted by atomic mass is 10.4. The molecule has 96 valence electrons. The SMILES string of the molecule is COc1nc(NN)nc(NCc2cc(C)on2)n1. The Morgan fingerprint density at radius 2 is 2.11 bits per heavy atom. The van der Waals surface area contributed by atoms with Crippen LogP contribution in [-0.4, -0.2) is 27.2 Å². The van der Waals surface area contributed by atoms with E-state index in [1.165, 1.54) is 7.11 Å². The van der Waals surface area contributed by atoms with Crippen LogP contribution in [0.3, 0.4) is 0 Å². The Hall–Kier alpha value is -2.42. The number of anilines is 2. The summed E-state index contributed by atoms with van der Waals surface area (Å²) in [4.78, 5) is 11.9. The zero-order valence-corrected chi connectivity index (χ0v) is 9.97. The number of rotatable bonds is 5. The molecule has 0 aliphatic heterocycles. The van der Waals surface area contributed by atoms with E-state index in [0.29, 0.717) is 12.5 Å². The molecule has 0 spiro atoms. The molecule has 0 saturated heterocycles. The largest absolute Gasteiger partial charge is 0.467 e. The molecule has 2 rings (SSSR count). The van der Waals surface area contributed by atoms with Gasteiger partial charge in [0.1, 0.15) is 11.5 Å². The fourth-order valence-electron chi connectivity index (χ4n) is 1.26. The van der Waals surface area contributed by atoms with Gasteiger partial charge < -0.3 is 14.6 Å². The third-order valence-electron chi connectivity index (χ3n) is 2.03. The third kappa shape index (κ3) is 2.83. The topological polar surface area (TPSA) is 124 Å². The number of nitrogen functional groups attached to an aromatic ring is 1. The van der Waals surface area contributed by atoms with E-state index >= 15 is 0 Å². The smallest absolute Gasteiger partial charge is 0.322 e. The van der Waals surface area contributed by atoms with Crippen LogP contribution in [0, 0.1) is 6.92 Å². The summed E-state index contributed by atoms with van der Waals surface area (Å²) in [6.45, 7) is 2.24. The van der Waals surface area contributed by atoms with Crippen LogP contribution in [0.4, 0.5) is 11.9 Å².